The molecule has 0 spiro atoms. The fraction of sp³-hybridized carbons (Fsp3) is 0.0714. The van der Waals surface area contributed by atoms with Crippen LogP contribution in [0.2, 0.25) is 0 Å². The molecule has 0 aliphatic carbocycles. The second-order valence-corrected chi connectivity index (χ2v) is 3.97. The second kappa shape index (κ2) is 5.24. The van der Waals surface area contributed by atoms with Gasteiger partial charge in [-0.3, -0.25) is 0 Å². The van der Waals surface area contributed by atoms with Crippen molar-refractivity contribution >= 4 is 5.97 Å². The quantitative estimate of drug-likeness (QED) is 0.937. The number of methoxy groups -OCH3 is 1. The van der Waals surface area contributed by atoms with Gasteiger partial charge in [-0.15, -0.1) is 0 Å². The summed E-state index contributed by atoms with van der Waals surface area (Å²) in [7, 11) is 1.24. The molecule has 2 rings (SSSR count). The number of carboxylic acids is 1. The first-order chi connectivity index (χ1) is 9.43. The van der Waals surface area contributed by atoms with Gasteiger partial charge in [0.05, 0.1) is 18.2 Å². The van der Waals surface area contributed by atoms with Crippen LogP contribution in [0.1, 0.15) is 10.4 Å². The molecule has 104 valence electrons. The number of hydrogen-bond donors (Lipinski definition) is 1. The van der Waals surface area contributed by atoms with Gasteiger partial charge in [-0.2, -0.15) is 0 Å². The van der Waals surface area contributed by atoms with E-state index in [0.29, 0.717) is 0 Å². The normalized spacial score (nSPS) is 10.4. The highest BCUT2D eigenvalue weighted by molar-refractivity contribution is 5.89. The average molecular weight is 282 g/mol. The summed E-state index contributed by atoms with van der Waals surface area (Å²) in [6.07, 6.45) is 0. The van der Waals surface area contributed by atoms with Crippen molar-refractivity contribution in [1.29, 1.82) is 0 Å². The number of hydrogen-bond acceptors (Lipinski definition) is 2. The maximum Gasteiger partial charge on any atom is 0.335 e. The predicted molar refractivity (Wildman–Crippen MR) is 65.3 cm³/mol. The minimum atomic E-state index is -1.32. The first-order valence-corrected chi connectivity index (χ1v) is 5.50. The summed E-state index contributed by atoms with van der Waals surface area (Å²) in [5.41, 5.74) is -1.36. The Balaban J connectivity index is 2.68. The standard InChI is InChI=1S/C14H9F3O3/c1-20-8-5-11(16)13(12(17)6-8)9-4-7(14(18)19)2-3-10(9)15/h2-6H,1H3,(H,18,19). The lowest BCUT2D eigenvalue weighted by Crippen LogP contribution is -2.00. The molecule has 2 aromatic carbocycles. The minimum Gasteiger partial charge on any atom is -0.497 e. The Bertz CT molecular complexity index is 660. The van der Waals surface area contributed by atoms with Crippen LogP contribution >= 0.6 is 0 Å². The molecule has 0 fully saturated rings. The van der Waals surface area contributed by atoms with Crippen LogP contribution in [0.15, 0.2) is 30.3 Å². The van der Waals surface area contributed by atoms with Crippen LogP contribution in [-0.2, 0) is 0 Å². The molecule has 6 heteroatoms. The molecule has 0 amide bonds. The third-order valence-electron chi connectivity index (χ3n) is 2.73. The number of carbonyl (C=O) groups is 1. The minimum absolute atomic E-state index is 0.0569. The van der Waals surface area contributed by atoms with Gasteiger partial charge in [0.1, 0.15) is 23.2 Å². The molecule has 0 unspecified atom stereocenters. The highest BCUT2D eigenvalue weighted by Gasteiger charge is 2.18. The van der Waals surface area contributed by atoms with Gasteiger partial charge >= 0.3 is 5.97 Å². The summed E-state index contributed by atoms with van der Waals surface area (Å²) < 4.78 is 46.1. The summed E-state index contributed by atoms with van der Waals surface area (Å²) in [4.78, 5) is 10.8. The Labute approximate surface area is 112 Å². The molecule has 0 bridgehead atoms. The molecule has 0 heterocycles. The van der Waals surface area contributed by atoms with E-state index in [2.05, 4.69) is 0 Å². The van der Waals surface area contributed by atoms with E-state index in [-0.39, 0.29) is 11.3 Å². The third kappa shape index (κ3) is 2.45. The van der Waals surface area contributed by atoms with E-state index in [0.717, 1.165) is 30.3 Å². The zero-order valence-corrected chi connectivity index (χ0v) is 10.3. The molecular weight excluding hydrogens is 273 g/mol. The molecule has 0 aliphatic rings. The van der Waals surface area contributed by atoms with Crippen LogP contribution in [-0.4, -0.2) is 18.2 Å². The molecule has 0 saturated heterocycles. The molecule has 0 radical (unpaired) electrons. The molecule has 0 aromatic heterocycles. The molecule has 0 aliphatic heterocycles. The molecule has 1 N–H and O–H groups in total. The van der Waals surface area contributed by atoms with E-state index in [4.69, 9.17) is 9.84 Å². The Morgan fingerprint density at radius 1 is 1.05 bits per heavy atom. The summed E-state index contributed by atoms with van der Waals surface area (Å²) in [6.45, 7) is 0. The van der Waals surface area contributed by atoms with Gasteiger partial charge in [-0.25, -0.2) is 18.0 Å². The number of carboxylic acid groups (broad SMARTS) is 1. The van der Waals surface area contributed by atoms with Crippen molar-refractivity contribution in [2.24, 2.45) is 0 Å². The topological polar surface area (TPSA) is 46.5 Å². The van der Waals surface area contributed by atoms with Gasteiger partial charge in [0.15, 0.2) is 0 Å². The first kappa shape index (κ1) is 13.9. The van der Waals surface area contributed by atoms with Crippen LogP contribution < -0.4 is 4.74 Å². The summed E-state index contributed by atoms with van der Waals surface area (Å²) in [5, 5.41) is 8.84. The van der Waals surface area contributed by atoms with Crippen molar-refractivity contribution in [2.45, 2.75) is 0 Å². The van der Waals surface area contributed by atoms with Crippen molar-refractivity contribution < 1.29 is 27.8 Å². The Kier molecular flexibility index (Phi) is 3.65. The van der Waals surface area contributed by atoms with Crippen molar-refractivity contribution in [1.82, 2.24) is 0 Å². The lowest BCUT2D eigenvalue weighted by molar-refractivity contribution is 0.0697. The van der Waals surface area contributed by atoms with Crippen molar-refractivity contribution in [3.8, 4) is 16.9 Å². The van der Waals surface area contributed by atoms with Crippen LogP contribution in [0.25, 0.3) is 11.1 Å². The maximum absolute atomic E-state index is 13.9. The summed E-state index contributed by atoms with van der Waals surface area (Å²) >= 11 is 0. The zero-order chi connectivity index (χ0) is 14.9. The number of benzene rings is 2. The van der Waals surface area contributed by atoms with Gasteiger partial charge in [-0.05, 0) is 18.2 Å². The third-order valence-corrected chi connectivity index (χ3v) is 2.73. The van der Waals surface area contributed by atoms with Gasteiger partial charge in [0.2, 0.25) is 0 Å². The fourth-order valence-corrected chi connectivity index (χ4v) is 1.77. The second-order valence-electron chi connectivity index (χ2n) is 3.97. The molecule has 3 nitrogen and oxygen atoms in total. The number of ether oxygens (including phenoxy) is 1. The molecular formula is C14H9F3O3. The van der Waals surface area contributed by atoms with E-state index in [1.807, 2.05) is 0 Å². The number of aromatic carboxylic acids is 1. The van der Waals surface area contributed by atoms with E-state index in [9.17, 15) is 18.0 Å². The Morgan fingerprint density at radius 3 is 2.15 bits per heavy atom. The van der Waals surface area contributed by atoms with Gasteiger partial charge in [-0.1, -0.05) is 0 Å². The lowest BCUT2D eigenvalue weighted by atomic mass is 10.0. The number of halogens is 3. The molecule has 20 heavy (non-hydrogen) atoms. The molecule has 0 atom stereocenters. The largest absolute Gasteiger partial charge is 0.497 e. The Morgan fingerprint density at radius 2 is 1.65 bits per heavy atom. The van der Waals surface area contributed by atoms with E-state index in [1.165, 1.54) is 7.11 Å². The number of rotatable bonds is 3. The van der Waals surface area contributed by atoms with Gasteiger partial charge in [0, 0.05) is 17.7 Å². The smallest absolute Gasteiger partial charge is 0.335 e. The molecule has 0 saturated carbocycles. The van der Waals surface area contributed by atoms with Crippen molar-refractivity contribution in [2.75, 3.05) is 7.11 Å². The first-order valence-electron chi connectivity index (χ1n) is 5.50. The molecule has 2 aromatic rings. The Hall–Kier alpha value is -2.50. The van der Waals surface area contributed by atoms with Crippen LogP contribution in [0.5, 0.6) is 5.75 Å². The SMILES string of the molecule is COc1cc(F)c(-c2cc(C(=O)O)ccc2F)c(F)c1. The van der Waals surface area contributed by atoms with Crippen LogP contribution in [0, 0.1) is 17.5 Å². The van der Waals surface area contributed by atoms with Gasteiger partial charge < -0.3 is 9.84 Å². The average Bonchev–Trinajstić information content (AvgIpc) is 2.39. The zero-order valence-electron chi connectivity index (χ0n) is 10.3. The highest BCUT2D eigenvalue weighted by atomic mass is 19.1. The maximum atomic E-state index is 13.9. The monoisotopic (exact) mass is 282 g/mol. The van der Waals surface area contributed by atoms with E-state index >= 15 is 0 Å². The lowest BCUT2D eigenvalue weighted by Gasteiger charge is -2.09. The van der Waals surface area contributed by atoms with Crippen molar-refractivity contribution in [3.63, 3.8) is 0 Å². The highest BCUT2D eigenvalue weighted by Crippen LogP contribution is 2.32. The van der Waals surface area contributed by atoms with Crippen LogP contribution in [0.3, 0.4) is 0 Å². The van der Waals surface area contributed by atoms with E-state index in [1.54, 1.807) is 0 Å². The summed E-state index contributed by atoms with van der Waals surface area (Å²) in [5.74, 6) is -4.37. The van der Waals surface area contributed by atoms with Crippen molar-refractivity contribution in [3.05, 3.63) is 53.3 Å². The van der Waals surface area contributed by atoms with Gasteiger partial charge in [0.25, 0.3) is 0 Å². The summed E-state index contributed by atoms with van der Waals surface area (Å²) in [6, 6.07) is 4.53. The predicted octanol–water partition coefficient (Wildman–Crippen LogP) is 3.48. The van der Waals surface area contributed by atoms with E-state index < -0.39 is 34.5 Å². The van der Waals surface area contributed by atoms with Crippen LogP contribution in [0.4, 0.5) is 13.2 Å². The fourth-order valence-electron chi connectivity index (χ4n) is 1.77.